The van der Waals surface area contributed by atoms with Gasteiger partial charge in [-0.25, -0.2) is 0 Å². The van der Waals surface area contributed by atoms with Gasteiger partial charge in [-0.05, 0) is 5.41 Å². The first-order valence-corrected chi connectivity index (χ1v) is 5.32. The summed E-state index contributed by atoms with van der Waals surface area (Å²) in [5.41, 5.74) is -0.0680. The Morgan fingerprint density at radius 1 is 1.36 bits per heavy atom. The third-order valence-corrected chi connectivity index (χ3v) is 2.84. The molecule has 0 aromatic carbocycles. The van der Waals surface area contributed by atoms with Gasteiger partial charge >= 0.3 is 0 Å². The van der Waals surface area contributed by atoms with Crippen molar-refractivity contribution in [2.75, 3.05) is 19.6 Å². The molecule has 1 rings (SSSR count). The molecule has 0 radical (unpaired) electrons. The van der Waals surface area contributed by atoms with Gasteiger partial charge in [0.1, 0.15) is 5.78 Å². The van der Waals surface area contributed by atoms with E-state index in [1.54, 1.807) is 0 Å². The average Bonchev–Trinajstić information content (AvgIpc) is 2.07. The second-order valence-electron chi connectivity index (χ2n) is 5.22. The molecule has 3 nitrogen and oxygen atoms in total. The summed E-state index contributed by atoms with van der Waals surface area (Å²) in [6.45, 7) is 8.42. The highest BCUT2D eigenvalue weighted by molar-refractivity contribution is 5.79. The Bertz CT molecular complexity index is 198. The molecule has 0 amide bonds. The summed E-state index contributed by atoms with van der Waals surface area (Å²) in [6.07, 6.45) is 0.990. The third-order valence-electron chi connectivity index (χ3n) is 2.84. The maximum atomic E-state index is 11.0. The molecule has 0 spiro atoms. The predicted molar refractivity (Wildman–Crippen MR) is 56.1 cm³/mol. The highest BCUT2D eigenvalue weighted by atomic mass is 16.3. The molecule has 1 saturated heterocycles. The Balaban J connectivity index is 2.34. The zero-order valence-corrected chi connectivity index (χ0v) is 9.42. The van der Waals surface area contributed by atoms with Crippen molar-refractivity contribution in [1.29, 1.82) is 0 Å². The fraction of sp³-hybridized carbons (Fsp3) is 0.909. The topological polar surface area (TPSA) is 40.5 Å². The Hall–Kier alpha value is -0.410. The first kappa shape index (κ1) is 11.7. The minimum atomic E-state index is -0.310. The fourth-order valence-electron chi connectivity index (χ4n) is 1.50. The van der Waals surface area contributed by atoms with Gasteiger partial charge in [0.05, 0.1) is 6.10 Å². The number of hydrogen-bond donors (Lipinski definition) is 1. The first-order valence-electron chi connectivity index (χ1n) is 5.32. The van der Waals surface area contributed by atoms with Crippen molar-refractivity contribution in [2.45, 2.75) is 39.7 Å². The van der Waals surface area contributed by atoms with Crippen molar-refractivity contribution in [1.82, 2.24) is 4.90 Å². The number of piperidine rings is 1. The first-order chi connectivity index (χ1) is 6.39. The Morgan fingerprint density at radius 3 is 2.29 bits per heavy atom. The van der Waals surface area contributed by atoms with E-state index in [0.29, 0.717) is 25.2 Å². The van der Waals surface area contributed by atoms with E-state index in [9.17, 15) is 9.90 Å². The molecule has 1 N–H and O–H groups in total. The summed E-state index contributed by atoms with van der Waals surface area (Å²) in [5.74, 6) is 0.353. The number of aliphatic hydroxyl groups excluding tert-OH is 1. The maximum Gasteiger partial charge on any atom is 0.135 e. The van der Waals surface area contributed by atoms with Gasteiger partial charge in [0.15, 0.2) is 0 Å². The van der Waals surface area contributed by atoms with Crippen LogP contribution in [0.15, 0.2) is 0 Å². The monoisotopic (exact) mass is 199 g/mol. The van der Waals surface area contributed by atoms with Crippen LogP contribution in [0.5, 0.6) is 0 Å². The summed E-state index contributed by atoms with van der Waals surface area (Å²) in [6, 6.07) is 0. The molecule has 1 aliphatic heterocycles. The number of likely N-dealkylation sites (tertiary alicyclic amines) is 1. The maximum absolute atomic E-state index is 11.0. The number of Topliss-reactive ketones (excluding diaryl/α,β-unsaturated/α-hetero) is 1. The quantitative estimate of drug-likeness (QED) is 0.723. The van der Waals surface area contributed by atoms with Crippen molar-refractivity contribution in [3.8, 4) is 0 Å². The zero-order valence-electron chi connectivity index (χ0n) is 9.42. The molecule has 1 aliphatic rings. The molecular formula is C11H21NO2. The highest BCUT2D eigenvalue weighted by Gasteiger charge is 2.26. The molecule has 0 aromatic rings. The van der Waals surface area contributed by atoms with Gasteiger partial charge in [-0.15, -0.1) is 0 Å². The lowest BCUT2D eigenvalue weighted by Gasteiger charge is -2.33. The molecule has 14 heavy (non-hydrogen) atoms. The number of rotatable bonds is 2. The van der Waals surface area contributed by atoms with Crippen LogP contribution in [0.2, 0.25) is 0 Å². The normalized spacial score (nSPS) is 22.4. The summed E-state index contributed by atoms with van der Waals surface area (Å²) in [5, 5.41) is 9.88. The van der Waals surface area contributed by atoms with Gasteiger partial charge in [-0.1, -0.05) is 20.8 Å². The van der Waals surface area contributed by atoms with Crippen LogP contribution in [-0.2, 0) is 4.79 Å². The van der Waals surface area contributed by atoms with Gasteiger partial charge in [-0.2, -0.15) is 0 Å². The van der Waals surface area contributed by atoms with Crippen LogP contribution in [0.3, 0.4) is 0 Å². The summed E-state index contributed by atoms with van der Waals surface area (Å²) in [7, 11) is 0. The number of carbonyl (C=O) groups excluding carboxylic acids is 1. The van der Waals surface area contributed by atoms with Crippen LogP contribution in [0, 0.1) is 5.41 Å². The lowest BCUT2D eigenvalue weighted by molar-refractivity contribution is -0.122. The van der Waals surface area contributed by atoms with Gasteiger partial charge in [-0.3, -0.25) is 9.69 Å². The molecule has 0 saturated carbocycles. The lowest BCUT2D eigenvalue weighted by Crippen LogP contribution is -2.43. The average molecular weight is 199 g/mol. The molecule has 1 fully saturated rings. The zero-order chi connectivity index (χ0) is 10.8. The molecule has 0 aromatic heterocycles. The van der Waals surface area contributed by atoms with E-state index in [2.05, 4.69) is 4.90 Å². The van der Waals surface area contributed by atoms with Crippen molar-refractivity contribution in [3.63, 3.8) is 0 Å². The summed E-state index contributed by atoms with van der Waals surface area (Å²) in [4.78, 5) is 13.2. The molecular weight excluding hydrogens is 178 g/mol. The van der Waals surface area contributed by atoms with E-state index in [1.807, 2.05) is 20.8 Å². The number of aliphatic hydroxyl groups is 1. The van der Waals surface area contributed by atoms with E-state index >= 15 is 0 Å². The van der Waals surface area contributed by atoms with E-state index in [4.69, 9.17) is 0 Å². The van der Waals surface area contributed by atoms with Crippen LogP contribution in [0.1, 0.15) is 33.6 Å². The largest absolute Gasteiger partial charge is 0.391 e. The summed E-state index contributed by atoms with van der Waals surface area (Å²) >= 11 is 0. The van der Waals surface area contributed by atoms with E-state index < -0.39 is 0 Å². The lowest BCUT2D eigenvalue weighted by atomic mass is 9.88. The number of carbonyl (C=O) groups is 1. The van der Waals surface area contributed by atoms with Crippen molar-refractivity contribution in [3.05, 3.63) is 0 Å². The van der Waals surface area contributed by atoms with E-state index in [-0.39, 0.29) is 11.5 Å². The SMILES string of the molecule is CC(C)(C)C(O)CN1CCC(=O)CC1. The minimum absolute atomic E-state index is 0.0680. The van der Waals surface area contributed by atoms with Crippen LogP contribution < -0.4 is 0 Å². The Labute approximate surface area is 86.1 Å². The molecule has 1 unspecified atom stereocenters. The number of β-amino-alcohol motifs (C(OH)–C–C–N with tert-alkyl or cyclic N) is 1. The number of hydrogen-bond acceptors (Lipinski definition) is 3. The van der Waals surface area contributed by atoms with Gasteiger partial charge in [0.2, 0.25) is 0 Å². The van der Waals surface area contributed by atoms with Crippen LogP contribution in [-0.4, -0.2) is 41.5 Å². The Morgan fingerprint density at radius 2 is 1.86 bits per heavy atom. The number of nitrogens with zero attached hydrogens (tertiary/aromatic N) is 1. The van der Waals surface area contributed by atoms with Crippen molar-refractivity contribution in [2.24, 2.45) is 5.41 Å². The minimum Gasteiger partial charge on any atom is -0.391 e. The standard InChI is InChI=1S/C11H21NO2/c1-11(2,3)10(14)8-12-6-4-9(13)5-7-12/h10,14H,4-8H2,1-3H3. The predicted octanol–water partition coefficient (Wildman–Crippen LogP) is 1.06. The smallest absolute Gasteiger partial charge is 0.135 e. The molecule has 3 heteroatoms. The van der Waals surface area contributed by atoms with Gasteiger partial charge in [0, 0.05) is 32.5 Å². The summed E-state index contributed by atoms with van der Waals surface area (Å²) < 4.78 is 0. The molecule has 0 bridgehead atoms. The van der Waals surface area contributed by atoms with Crippen LogP contribution in [0.25, 0.3) is 0 Å². The van der Waals surface area contributed by atoms with E-state index in [0.717, 1.165) is 13.1 Å². The second-order valence-corrected chi connectivity index (χ2v) is 5.22. The molecule has 1 heterocycles. The van der Waals surface area contributed by atoms with Gasteiger partial charge in [0.25, 0.3) is 0 Å². The second kappa shape index (κ2) is 4.41. The molecule has 82 valence electrons. The number of ketones is 1. The fourth-order valence-corrected chi connectivity index (χ4v) is 1.50. The van der Waals surface area contributed by atoms with Gasteiger partial charge < -0.3 is 5.11 Å². The highest BCUT2D eigenvalue weighted by Crippen LogP contribution is 2.20. The van der Waals surface area contributed by atoms with Crippen molar-refractivity contribution < 1.29 is 9.90 Å². The Kier molecular flexibility index (Phi) is 3.67. The van der Waals surface area contributed by atoms with Crippen molar-refractivity contribution >= 4 is 5.78 Å². The third kappa shape index (κ3) is 3.39. The van der Waals surface area contributed by atoms with Crippen LogP contribution >= 0.6 is 0 Å². The molecule has 1 atom stereocenters. The van der Waals surface area contributed by atoms with Crippen LogP contribution in [0.4, 0.5) is 0 Å². The van der Waals surface area contributed by atoms with E-state index in [1.165, 1.54) is 0 Å². The molecule has 0 aliphatic carbocycles.